The normalized spacial score (nSPS) is 10.1. The Hall–Kier alpha value is -2.11. The molecule has 2 heterocycles. The highest BCUT2D eigenvalue weighted by molar-refractivity contribution is 6.02. The third-order valence-electron chi connectivity index (χ3n) is 1.74. The first-order valence-electron chi connectivity index (χ1n) is 3.99. The van der Waals surface area contributed by atoms with E-state index in [-0.39, 0.29) is 11.6 Å². The van der Waals surface area contributed by atoms with E-state index in [4.69, 9.17) is 0 Å². The van der Waals surface area contributed by atoms with E-state index < -0.39 is 0 Å². The summed E-state index contributed by atoms with van der Waals surface area (Å²) in [4.78, 5) is 11.4. The molecule has 6 heteroatoms. The standard InChI is InChI=1S/C8H8N4O2/c1-5-4-9-11-7(5)10-8(13)6-2-3-14-12-6/h2-4H,1H3,(H2,9,10,11,13). The molecule has 0 aliphatic carbocycles. The van der Waals surface area contributed by atoms with Gasteiger partial charge < -0.3 is 9.84 Å². The summed E-state index contributed by atoms with van der Waals surface area (Å²) in [5.74, 6) is 0.240. The van der Waals surface area contributed by atoms with Crippen LogP contribution < -0.4 is 5.32 Å². The topological polar surface area (TPSA) is 83.8 Å². The van der Waals surface area contributed by atoms with E-state index in [2.05, 4.69) is 25.2 Å². The fourth-order valence-electron chi connectivity index (χ4n) is 0.980. The lowest BCUT2D eigenvalue weighted by Crippen LogP contribution is -2.13. The zero-order chi connectivity index (χ0) is 9.97. The van der Waals surface area contributed by atoms with Gasteiger partial charge in [0.2, 0.25) is 0 Å². The Bertz CT molecular complexity index is 432. The van der Waals surface area contributed by atoms with Crippen molar-refractivity contribution in [2.45, 2.75) is 6.92 Å². The molecule has 0 unspecified atom stereocenters. The van der Waals surface area contributed by atoms with Crippen molar-refractivity contribution >= 4 is 11.7 Å². The lowest BCUT2D eigenvalue weighted by molar-refractivity contribution is 0.101. The number of amides is 1. The van der Waals surface area contributed by atoms with Crippen LogP contribution in [0.3, 0.4) is 0 Å². The van der Waals surface area contributed by atoms with Gasteiger partial charge in [0.25, 0.3) is 5.91 Å². The number of hydrogen-bond acceptors (Lipinski definition) is 4. The Balaban J connectivity index is 2.13. The largest absolute Gasteiger partial charge is 0.364 e. The molecule has 2 aromatic heterocycles. The van der Waals surface area contributed by atoms with Crippen molar-refractivity contribution in [1.82, 2.24) is 15.4 Å². The number of rotatable bonds is 2. The smallest absolute Gasteiger partial charge is 0.278 e. The first kappa shape index (κ1) is 8.49. The molecular weight excluding hydrogens is 184 g/mol. The van der Waals surface area contributed by atoms with Gasteiger partial charge in [-0.25, -0.2) is 0 Å². The van der Waals surface area contributed by atoms with Gasteiger partial charge in [-0.1, -0.05) is 5.16 Å². The maximum atomic E-state index is 11.4. The number of carbonyl (C=O) groups is 1. The Kier molecular flexibility index (Phi) is 2.02. The summed E-state index contributed by atoms with van der Waals surface area (Å²) in [7, 11) is 0. The summed E-state index contributed by atoms with van der Waals surface area (Å²) >= 11 is 0. The predicted octanol–water partition coefficient (Wildman–Crippen LogP) is 0.958. The summed E-state index contributed by atoms with van der Waals surface area (Å²) in [6, 6.07) is 1.49. The molecule has 0 atom stereocenters. The van der Waals surface area contributed by atoms with Gasteiger partial charge >= 0.3 is 0 Å². The molecule has 0 radical (unpaired) electrons. The molecule has 0 saturated heterocycles. The third kappa shape index (κ3) is 1.49. The highest BCUT2D eigenvalue weighted by atomic mass is 16.5. The number of carbonyl (C=O) groups excluding carboxylic acids is 1. The quantitative estimate of drug-likeness (QED) is 0.742. The Morgan fingerprint density at radius 2 is 2.50 bits per heavy atom. The van der Waals surface area contributed by atoms with Crippen LogP contribution in [0.25, 0.3) is 0 Å². The predicted molar refractivity (Wildman–Crippen MR) is 47.8 cm³/mol. The minimum Gasteiger partial charge on any atom is -0.364 e. The molecule has 0 fully saturated rings. The SMILES string of the molecule is Cc1cn[nH]c1NC(=O)c1ccon1. The Morgan fingerprint density at radius 3 is 3.07 bits per heavy atom. The molecule has 1 amide bonds. The lowest BCUT2D eigenvalue weighted by atomic mass is 10.3. The minimum absolute atomic E-state index is 0.235. The van der Waals surface area contributed by atoms with E-state index in [1.807, 2.05) is 6.92 Å². The van der Waals surface area contributed by atoms with Gasteiger partial charge in [-0.2, -0.15) is 5.10 Å². The van der Waals surface area contributed by atoms with Crippen LogP contribution in [0, 0.1) is 6.92 Å². The van der Waals surface area contributed by atoms with Crippen LogP contribution in [0.5, 0.6) is 0 Å². The molecule has 0 saturated carbocycles. The number of nitrogens with one attached hydrogen (secondary N) is 2. The Morgan fingerprint density at radius 1 is 1.64 bits per heavy atom. The average Bonchev–Trinajstić information content (AvgIpc) is 2.77. The number of hydrogen-bond donors (Lipinski definition) is 2. The maximum Gasteiger partial charge on any atom is 0.278 e. The van der Waals surface area contributed by atoms with Gasteiger partial charge in [0.1, 0.15) is 12.1 Å². The Labute approximate surface area is 79.3 Å². The second-order valence-corrected chi connectivity index (χ2v) is 2.77. The van der Waals surface area contributed by atoms with Crippen molar-refractivity contribution in [3.8, 4) is 0 Å². The molecule has 14 heavy (non-hydrogen) atoms. The van der Waals surface area contributed by atoms with Crippen LogP contribution >= 0.6 is 0 Å². The highest BCUT2D eigenvalue weighted by Gasteiger charge is 2.10. The van der Waals surface area contributed by atoms with Crippen molar-refractivity contribution < 1.29 is 9.32 Å². The summed E-state index contributed by atoms with van der Waals surface area (Å²) in [5, 5.41) is 12.5. The third-order valence-corrected chi connectivity index (χ3v) is 1.74. The van der Waals surface area contributed by atoms with E-state index in [0.717, 1.165) is 5.56 Å². The molecule has 2 N–H and O–H groups in total. The van der Waals surface area contributed by atoms with Gasteiger partial charge in [0.05, 0.1) is 6.20 Å². The van der Waals surface area contributed by atoms with Gasteiger partial charge in [-0.05, 0) is 6.92 Å². The van der Waals surface area contributed by atoms with E-state index in [9.17, 15) is 4.79 Å². The fourth-order valence-corrected chi connectivity index (χ4v) is 0.980. The summed E-state index contributed by atoms with van der Waals surface area (Å²) in [6.45, 7) is 1.84. The highest BCUT2D eigenvalue weighted by Crippen LogP contribution is 2.09. The molecule has 0 aliphatic heterocycles. The molecule has 2 aromatic rings. The number of aromatic amines is 1. The van der Waals surface area contributed by atoms with Crippen molar-refractivity contribution in [1.29, 1.82) is 0 Å². The summed E-state index contributed by atoms with van der Waals surface area (Å²) in [5.41, 5.74) is 1.10. The van der Waals surface area contributed by atoms with E-state index in [1.54, 1.807) is 6.20 Å². The van der Waals surface area contributed by atoms with Gasteiger partial charge in [0, 0.05) is 11.6 Å². The van der Waals surface area contributed by atoms with E-state index in [1.165, 1.54) is 12.3 Å². The molecule has 0 aliphatic rings. The van der Waals surface area contributed by atoms with Crippen molar-refractivity contribution in [2.24, 2.45) is 0 Å². The molecule has 0 spiro atoms. The number of aromatic nitrogens is 3. The zero-order valence-electron chi connectivity index (χ0n) is 7.44. The van der Waals surface area contributed by atoms with Crippen LogP contribution in [0.15, 0.2) is 23.0 Å². The molecule has 0 bridgehead atoms. The molecular formula is C8H8N4O2. The average molecular weight is 192 g/mol. The molecule has 72 valence electrons. The number of aryl methyl sites for hydroxylation is 1. The summed E-state index contributed by atoms with van der Waals surface area (Å²) in [6.07, 6.45) is 2.97. The van der Waals surface area contributed by atoms with Crippen LogP contribution in [0.1, 0.15) is 16.1 Å². The lowest BCUT2D eigenvalue weighted by Gasteiger charge is -1.99. The number of anilines is 1. The molecule has 6 nitrogen and oxygen atoms in total. The van der Waals surface area contributed by atoms with Gasteiger partial charge in [-0.15, -0.1) is 0 Å². The van der Waals surface area contributed by atoms with Crippen LogP contribution in [-0.2, 0) is 0 Å². The van der Waals surface area contributed by atoms with Gasteiger partial charge in [0.15, 0.2) is 5.69 Å². The second-order valence-electron chi connectivity index (χ2n) is 2.77. The zero-order valence-corrected chi connectivity index (χ0v) is 7.44. The monoisotopic (exact) mass is 192 g/mol. The first-order valence-corrected chi connectivity index (χ1v) is 3.99. The number of H-pyrrole nitrogens is 1. The second kappa shape index (κ2) is 3.33. The maximum absolute atomic E-state index is 11.4. The first-order chi connectivity index (χ1) is 6.77. The fraction of sp³-hybridized carbons (Fsp3) is 0.125. The summed E-state index contributed by atoms with van der Waals surface area (Å²) < 4.78 is 4.55. The van der Waals surface area contributed by atoms with Crippen molar-refractivity contribution in [3.63, 3.8) is 0 Å². The molecule has 2 rings (SSSR count). The van der Waals surface area contributed by atoms with Crippen molar-refractivity contribution in [2.75, 3.05) is 5.32 Å². The molecule has 0 aromatic carbocycles. The van der Waals surface area contributed by atoms with Crippen LogP contribution in [0.4, 0.5) is 5.82 Å². The van der Waals surface area contributed by atoms with Gasteiger partial charge in [-0.3, -0.25) is 9.89 Å². The van der Waals surface area contributed by atoms with Crippen molar-refractivity contribution in [3.05, 3.63) is 29.8 Å². The van der Waals surface area contributed by atoms with E-state index >= 15 is 0 Å². The number of nitrogens with zero attached hydrogens (tertiary/aromatic N) is 2. The van der Waals surface area contributed by atoms with Crippen LogP contribution in [-0.4, -0.2) is 21.3 Å². The van der Waals surface area contributed by atoms with E-state index in [0.29, 0.717) is 5.82 Å². The minimum atomic E-state index is -0.328. The van der Waals surface area contributed by atoms with Crippen LogP contribution in [0.2, 0.25) is 0 Å².